The van der Waals surface area contributed by atoms with Gasteiger partial charge >= 0.3 is 5.97 Å². The van der Waals surface area contributed by atoms with E-state index in [1.54, 1.807) is 0 Å². The van der Waals surface area contributed by atoms with Crippen LogP contribution in [0.4, 0.5) is 0 Å². The second-order valence-electron chi connectivity index (χ2n) is 7.98. The number of hydrogen-bond acceptors (Lipinski definition) is 1. The minimum absolute atomic E-state index is 0. The molecular weight excluding hydrogens is 299 g/mol. The molecule has 0 heterocycles. The van der Waals surface area contributed by atoms with Gasteiger partial charge in [-0.05, 0) is 23.7 Å². The van der Waals surface area contributed by atoms with Crippen LogP contribution in [0.5, 0.6) is 0 Å². The Balaban J connectivity index is 0.000001000. The molecule has 0 aromatic rings. The lowest BCUT2D eigenvalue weighted by Gasteiger charge is -2.65. The molecule has 4 aliphatic carbocycles. The molecule has 0 aromatic carbocycles. The minimum atomic E-state index is -0.643. The molecule has 7 N–H and O–H groups in total. The SMILES string of the molecule is CCC12CC3([NH3+])CC([NH3+])(C1)CC(CC(=O)O)(C3)C2.[Cl-].[Cl-]. The monoisotopic (exact) mass is 324 g/mol. The van der Waals surface area contributed by atoms with Crippen LogP contribution in [0, 0.1) is 10.8 Å². The number of rotatable bonds is 3. The van der Waals surface area contributed by atoms with Crippen molar-refractivity contribution in [1.29, 1.82) is 0 Å². The minimum Gasteiger partial charge on any atom is -1.00 e. The van der Waals surface area contributed by atoms with Gasteiger partial charge in [-0.2, -0.15) is 0 Å². The Morgan fingerprint density at radius 1 is 0.950 bits per heavy atom. The summed E-state index contributed by atoms with van der Waals surface area (Å²) >= 11 is 0. The molecule has 4 rings (SSSR count). The number of carboxylic acids is 1. The van der Waals surface area contributed by atoms with Gasteiger partial charge < -0.3 is 41.4 Å². The summed E-state index contributed by atoms with van der Waals surface area (Å²) in [5.74, 6) is -0.643. The summed E-state index contributed by atoms with van der Waals surface area (Å²) in [6.45, 7) is 2.26. The van der Waals surface area contributed by atoms with E-state index in [0.717, 1.165) is 32.1 Å². The number of hydrogen-bond donors (Lipinski definition) is 3. The third kappa shape index (κ3) is 2.68. The Hall–Kier alpha value is -0.0300. The molecule has 118 valence electrons. The van der Waals surface area contributed by atoms with Crippen LogP contribution in [-0.2, 0) is 4.79 Å². The first-order valence-electron chi connectivity index (χ1n) is 7.15. The van der Waals surface area contributed by atoms with E-state index in [0.29, 0.717) is 11.8 Å². The van der Waals surface area contributed by atoms with Crippen LogP contribution in [-0.4, -0.2) is 22.2 Å². The summed E-state index contributed by atoms with van der Waals surface area (Å²) in [6.07, 6.45) is 8.06. The molecule has 2 atom stereocenters. The molecule has 4 nitrogen and oxygen atoms in total. The zero-order valence-corrected chi connectivity index (χ0v) is 13.7. The van der Waals surface area contributed by atoms with E-state index >= 15 is 0 Å². The Bertz CT molecular complexity index is 398. The first kappa shape index (κ1) is 18.0. The molecule has 0 saturated heterocycles. The standard InChI is InChI=1S/C14H24N2O2.2ClH/c1-2-11-4-12(3-10(17)18)7-13(15,5-11)9-14(16,6-11)8-12;;/h2-9,15-16H2,1H3,(H,17,18);2*1H. The maximum Gasteiger partial charge on any atom is 0.303 e. The highest BCUT2D eigenvalue weighted by Gasteiger charge is 2.69. The molecular formula is C14H26Cl2N2O2. The summed E-state index contributed by atoms with van der Waals surface area (Å²) in [4.78, 5) is 11.2. The van der Waals surface area contributed by atoms with Gasteiger partial charge in [0.05, 0.1) is 12.8 Å². The summed E-state index contributed by atoms with van der Waals surface area (Å²) < 4.78 is 0. The zero-order chi connectivity index (χ0) is 13.2. The summed E-state index contributed by atoms with van der Waals surface area (Å²) in [5, 5.41) is 9.26. The Kier molecular flexibility index (Phi) is 4.51. The van der Waals surface area contributed by atoms with Gasteiger partial charge in [0, 0.05) is 25.7 Å². The number of carbonyl (C=O) groups is 1. The van der Waals surface area contributed by atoms with Crippen LogP contribution >= 0.6 is 0 Å². The second-order valence-corrected chi connectivity index (χ2v) is 7.98. The topological polar surface area (TPSA) is 92.6 Å². The van der Waals surface area contributed by atoms with Crippen molar-refractivity contribution in [2.45, 2.75) is 69.4 Å². The smallest absolute Gasteiger partial charge is 0.303 e. The number of quaternary nitrogens is 2. The van der Waals surface area contributed by atoms with Crippen molar-refractivity contribution in [3.05, 3.63) is 0 Å². The summed E-state index contributed by atoms with van der Waals surface area (Å²) in [5.41, 5.74) is 9.49. The fourth-order valence-corrected chi connectivity index (χ4v) is 6.41. The van der Waals surface area contributed by atoms with Crippen molar-refractivity contribution in [3.63, 3.8) is 0 Å². The molecule has 2 unspecified atom stereocenters. The molecule has 0 aromatic heterocycles. The van der Waals surface area contributed by atoms with Crippen LogP contribution in [0.3, 0.4) is 0 Å². The molecule has 4 fully saturated rings. The fourth-order valence-electron chi connectivity index (χ4n) is 6.41. The molecule has 0 spiro atoms. The van der Waals surface area contributed by atoms with Crippen LogP contribution in [0.15, 0.2) is 0 Å². The Labute approximate surface area is 132 Å². The van der Waals surface area contributed by atoms with Gasteiger partial charge in [0.2, 0.25) is 0 Å². The highest BCUT2D eigenvalue weighted by molar-refractivity contribution is 5.68. The third-order valence-corrected chi connectivity index (χ3v) is 5.78. The van der Waals surface area contributed by atoms with Crippen LogP contribution < -0.4 is 36.3 Å². The molecule has 4 aliphatic rings. The van der Waals surface area contributed by atoms with E-state index in [1.165, 1.54) is 12.8 Å². The number of aliphatic carboxylic acids is 1. The van der Waals surface area contributed by atoms with Crippen molar-refractivity contribution >= 4 is 5.97 Å². The predicted octanol–water partition coefficient (Wildman–Crippen LogP) is -5.81. The number of halogens is 2. The lowest BCUT2D eigenvalue weighted by Crippen LogP contribution is -3.00. The molecule has 0 radical (unpaired) electrons. The van der Waals surface area contributed by atoms with Crippen molar-refractivity contribution < 1.29 is 46.2 Å². The van der Waals surface area contributed by atoms with E-state index in [4.69, 9.17) is 0 Å². The predicted molar refractivity (Wildman–Crippen MR) is 66.4 cm³/mol. The van der Waals surface area contributed by atoms with Gasteiger partial charge in [-0.1, -0.05) is 6.92 Å². The van der Waals surface area contributed by atoms with E-state index < -0.39 is 5.97 Å². The first-order valence-corrected chi connectivity index (χ1v) is 7.15. The van der Waals surface area contributed by atoms with Gasteiger partial charge in [0.25, 0.3) is 0 Å². The molecule has 0 amide bonds. The van der Waals surface area contributed by atoms with Crippen molar-refractivity contribution in [1.82, 2.24) is 0 Å². The van der Waals surface area contributed by atoms with E-state index in [1.807, 2.05) is 0 Å². The van der Waals surface area contributed by atoms with Gasteiger partial charge in [-0.15, -0.1) is 0 Å². The lowest BCUT2D eigenvalue weighted by atomic mass is 9.39. The van der Waals surface area contributed by atoms with Crippen LogP contribution in [0.1, 0.15) is 58.3 Å². The molecule has 20 heavy (non-hydrogen) atoms. The van der Waals surface area contributed by atoms with Crippen molar-refractivity contribution in [2.75, 3.05) is 0 Å². The molecule has 0 aliphatic heterocycles. The van der Waals surface area contributed by atoms with Gasteiger partial charge in [-0.3, -0.25) is 4.79 Å². The van der Waals surface area contributed by atoms with Gasteiger partial charge in [0.1, 0.15) is 11.1 Å². The van der Waals surface area contributed by atoms with Gasteiger partial charge in [-0.25, -0.2) is 0 Å². The maximum absolute atomic E-state index is 11.2. The molecule has 4 saturated carbocycles. The Morgan fingerprint density at radius 2 is 1.40 bits per heavy atom. The van der Waals surface area contributed by atoms with E-state index in [2.05, 4.69) is 18.4 Å². The van der Waals surface area contributed by atoms with Crippen LogP contribution in [0.25, 0.3) is 0 Å². The average Bonchev–Trinajstić information content (AvgIpc) is 2.09. The molecule has 4 bridgehead atoms. The number of carboxylic acid groups (broad SMARTS) is 1. The summed E-state index contributed by atoms with van der Waals surface area (Å²) in [6, 6.07) is 0. The largest absolute Gasteiger partial charge is 1.00 e. The fraction of sp³-hybridized carbons (Fsp3) is 0.929. The van der Waals surface area contributed by atoms with E-state index in [9.17, 15) is 9.90 Å². The highest BCUT2D eigenvalue weighted by Crippen LogP contribution is 2.67. The lowest BCUT2D eigenvalue weighted by molar-refractivity contribution is -0.582. The normalized spacial score (nSPS) is 48.4. The second kappa shape index (κ2) is 5.01. The molecule has 6 heteroatoms. The average molecular weight is 325 g/mol. The zero-order valence-electron chi connectivity index (χ0n) is 12.2. The van der Waals surface area contributed by atoms with Crippen LogP contribution in [0.2, 0.25) is 0 Å². The first-order chi connectivity index (χ1) is 8.22. The van der Waals surface area contributed by atoms with E-state index in [-0.39, 0.29) is 41.3 Å². The highest BCUT2D eigenvalue weighted by atomic mass is 35.5. The van der Waals surface area contributed by atoms with Gasteiger partial charge in [0.15, 0.2) is 0 Å². The quantitative estimate of drug-likeness (QED) is 0.482. The Morgan fingerprint density at radius 3 is 1.80 bits per heavy atom. The maximum atomic E-state index is 11.2. The van der Waals surface area contributed by atoms with Crippen molar-refractivity contribution in [2.24, 2.45) is 10.8 Å². The van der Waals surface area contributed by atoms with Crippen molar-refractivity contribution in [3.8, 4) is 0 Å². The third-order valence-electron chi connectivity index (χ3n) is 5.78. The summed E-state index contributed by atoms with van der Waals surface area (Å²) in [7, 11) is 0.